The van der Waals surface area contributed by atoms with Gasteiger partial charge in [0.05, 0.1) is 16.2 Å². The largest absolute Gasteiger partial charge is 0.481 e. The van der Waals surface area contributed by atoms with Crippen LogP contribution in [0.25, 0.3) is 11.1 Å². The Morgan fingerprint density at radius 1 is 1.11 bits per heavy atom. The van der Waals surface area contributed by atoms with Crippen molar-refractivity contribution in [2.24, 2.45) is 5.92 Å². The third-order valence-electron chi connectivity index (χ3n) is 4.33. The number of hydrogen-bond donors (Lipinski definition) is 1. The number of aliphatic carboxylic acids is 1. The summed E-state index contributed by atoms with van der Waals surface area (Å²) in [5, 5.41) is 8.75. The van der Waals surface area contributed by atoms with Gasteiger partial charge in [0.15, 0.2) is 16.4 Å². The minimum absolute atomic E-state index is 0.0298. The summed E-state index contributed by atoms with van der Waals surface area (Å²) in [6, 6.07) is 8.17. The number of carboxylic acid groups (broad SMARTS) is 1. The van der Waals surface area contributed by atoms with Gasteiger partial charge in [-0.25, -0.2) is 13.2 Å². The Hall–Kier alpha value is -2.55. The Morgan fingerprint density at radius 2 is 1.75 bits per heavy atom. The summed E-state index contributed by atoms with van der Waals surface area (Å²) in [4.78, 5) is 10.8. The zero-order valence-electron chi connectivity index (χ0n) is 14.6. The molecule has 1 aliphatic rings. The van der Waals surface area contributed by atoms with Gasteiger partial charge in [0.1, 0.15) is 5.75 Å². The smallest absolute Gasteiger partial charge is 0.416 e. The molecule has 0 spiro atoms. The van der Waals surface area contributed by atoms with Gasteiger partial charge < -0.3 is 9.84 Å². The molecule has 28 heavy (non-hydrogen) atoms. The van der Waals surface area contributed by atoms with E-state index in [-0.39, 0.29) is 33.4 Å². The summed E-state index contributed by atoms with van der Waals surface area (Å²) in [6.45, 7) is -0.716. The first-order valence-electron chi connectivity index (χ1n) is 8.45. The van der Waals surface area contributed by atoms with Crippen molar-refractivity contribution in [1.29, 1.82) is 0 Å². The zero-order valence-corrected chi connectivity index (χ0v) is 15.4. The minimum Gasteiger partial charge on any atom is -0.481 e. The van der Waals surface area contributed by atoms with Crippen LogP contribution in [0.3, 0.4) is 0 Å². The quantitative estimate of drug-likeness (QED) is 0.740. The van der Waals surface area contributed by atoms with Crippen molar-refractivity contribution in [3.63, 3.8) is 0 Å². The van der Waals surface area contributed by atoms with Crippen LogP contribution in [0.1, 0.15) is 18.4 Å². The highest BCUT2D eigenvalue weighted by Crippen LogP contribution is 2.38. The van der Waals surface area contributed by atoms with E-state index in [9.17, 15) is 26.4 Å². The van der Waals surface area contributed by atoms with E-state index >= 15 is 0 Å². The molecule has 5 nitrogen and oxygen atoms in total. The maximum absolute atomic E-state index is 13.1. The van der Waals surface area contributed by atoms with Gasteiger partial charge in [0.2, 0.25) is 0 Å². The molecule has 0 unspecified atom stereocenters. The molecule has 0 aromatic heterocycles. The van der Waals surface area contributed by atoms with E-state index in [0.29, 0.717) is 0 Å². The molecule has 0 radical (unpaired) electrons. The van der Waals surface area contributed by atoms with Crippen molar-refractivity contribution < 1.29 is 36.2 Å². The predicted molar refractivity (Wildman–Crippen MR) is 94.8 cm³/mol. The molecule has 2 aromatic carbocycles. The lowest BCUT2D eigenvalue weighted by atomic mass is 10.0. The van der Waals surface area contributed by atoms with Crippen molar-refractivity contribution in [2.75, 3.05) is 12.4 Å². The number of carbonyl (C=O) groups is 1. The van der Waals surface area contributed by atoms with Crippen LogP contribution in [-0.4, -0.2) is 31.9 Å². The first kappa shape index (κ1) is 20.2. The fourth-order valence-corrected chi connectivity index (χ4v) is 4.43. The third kappa shape index (κ3) is 4.83. The Kier molecular flexibility index (Phi) is 5.38. The summed E-state index contributed by atoms with van der Waals surface area (Å²) >= 11 is 0. The van der Waals surface area contributed by atoms with E-state index in [1.54, 1.807) is 0 Å². The van der Waals surface area contributed by atoms with Gasteiger partial charge in [0, 0.05) is 5.56 Å². The number of halogens is 3. The topological polar surface area (TPSA) is 80.7 Å². The lowest BCUT2D eigenvalue weighted by molar-refractivity contribution is -0.140. The minimum atomic E-state index is -4.59. The average molecular weight is 414 g/mol. The number of rotatable bonds is 7. The van der Waals surface area contributed by atoms with E-state index in [1.165, 1.54) is 24.3 Å². The van der Waals surface area contributed by atoms with Gasteiger partial charge in [-0.05, 0) is 54.7 Å². The first-order chi connectivity index (χ1) is 13.1. The maximum Gasteiger partial charge on any atom is 0.416 e. The SMILES string of the molecule is O=C(O)COc1ccc(C(F)(F)F)cc1-c1ccc(S(=O)(=O)CC2CC2)cc1. The highest BCUT2D eigenvalue weighted by molar-refractivity contribution is 7.91. The standard InChI is InChI=1S/C19H17F3O5S/c20-19(21,22)14-5-8-17(27-10-18(23)24)16(9-14)13-3-6-15(7-4-13)28(25,26)11-12-1-2-12/h3-9,12H,1-2,10-11H2,(H,23,24). The van der Waals surface area contributed by atoms with Crippen LogP contribution in [-0.2, 0) is 20.8 Å². The summed E-state index contributed by atoms with van der Waals surface area (Å²) < 4.78 is 68.9. The van der Waals surface area contributed by atoms with Gasteiger partial charge in [-0.2, -0.15) is 13.2 Å². The molecule has 3 rings (SSSR count). The van der Waals surface area contributed by atoms with Crippen molar-refractivity contribution in [2.45, 2.75) is 23.9 Å². The van der Waals surface area contributed by atoms with Crippen LogP contribution in [0.4, 0.5) is 13.2 Å². The molecule has 0 amide bonds. The number of alkyl halides is 3. The van der Waals surface area contributed by atoms with Crippen LogP contribution in [0, 0.1) is 5.92 Å². The lowest BCUT2D eigenvalue weighted by Crippen LogP contribution is -2.11. The highest BCUT2D eigenvalue weighted by atomic mass is 32.2. The van der Waals surface area contributed by atoms with E-state index in [0.717, 1.165) is 31.0 Å². The predicted octanol–water partition coefficient (Wildman–Crippen LogP) is 4.02. The van der Waals surface area contributed by atoms with Gasteiger partial charge in [-0.15, -0.1) is 0 Å². The van der Waals surface area contributed by atoms with Crippen molar-refractivity contribution in [3.8, 4) is 16.9 Å². The van der Waals surface area contributed by atoms with E-state index < -0.39 is 34.2 Å². The molecule has 2 aromatic rings. The van der Waals surface area contributed by atoms with Gasteiger partial charge in [-0.3, -0.25) is 0 Å². The molecule has 0 bridgehead atoms. The van der Waals surface area contributed by atoms with Crippen molar-refractivity contribution in [3.05, 3.63) is 48.0 Å². The Morgan fingerprint density at radius 3 is 2.29 bits per heavy atom. The molecule has 0 atom stereocenters. The summed E-state index contributed by atoms with van der Waals surface area (Å²) in [5.74, 6) is -1.08. The Labute approximate surface area is 159 Å². The van der Waals surface area contributed by atoms with Crippen LogP contribution in [0.5, 0.6) is 5.75 Å². The van der Waals surface area contributed by atoms with Gasteiger partial charge >= 0.3 is 12.1 Å². The number of sulfone groups is 1. The molecular weight excluding hydrogens is 397 g/mol. The Bertz CT molecular complexity index is 978. The van der Waals surface area contributed by atoms with Crippen LogP contribution in [0.2, 0.25) is 0 Å². The monoisotopic (exact) mass is 414 g/mol. The highest BCUT2D eigenvalue weighted by Gasteiger charge is 2.32. The average Bonchev–Trinajstić information content (AvgIpc) is 3.42. The number of hydrogen-bond acceptors (Lipinski definition) is 4. The second-order valence-corrected chi connectivity index (χ2v) is 8.67. The number of carboxylic acids is 1. The van der Waals surface area contributed by atoms with E-state index in [1.807, 2.05) is 0 Å². The molecule has 1 aliphatic carbocycles. The fraction of sp³-hybridized carbons (Fsp3) is 0.316. The van der Waals surface area contributed by atoms with Gasteiger partial charge in [0.25, 0.3) is 0 Å². The van der Waals surface area contributed by atoms with Gasteiger partial charge in [-0.1, -0.05) is 12.1 Å². The van der Waals surface area contributed by atoms with Crippen LogP contribution >= 0.6 is 0 Å². The third-order valence-corrected chi connectivity index (χ3v) is 6.24. The second kappa shape index (κ2) is 7.46. The zero-order chi connectivity index (χ0) is 20.5. The molecule has 150 valence electrons. The van der Waals surface area contributed by atoms with Crippen LogP contribution in [0.15, 0.2) is 47.4 Å². The summed E-state index contributed by atoms with van der Waals surface area (Å²) in [6.07, 6.45) is -2.83. The van der Waals surface area contributed by atoms with E-state index in [2.05, 4.69) is 0 Å². The van der Waals surface area contributed by atoms with Crippen LogP contribution < -0.4 is 4.74 Å². The van der Waals surface area contributed by atoms with Crippen molar-refractivity contribution in [1.82, 2.24) is 0 Å². The normalized spacial score (nSPS) is 14.7. The lowest BCUT2D eigenvalue weighted by Gasteiger charge is -2.14. The molecule has 9 heteroatoms. The first-order valence-corrected chi connectivity index (χ1v) is 10.1. The van der Waals surface area contributed by atoms with Crippen molar-refractivity contribution >= 4 is 15.8 Å². The number of ether oxygens (including phenoxy) is 1. The molecule has 0 heterocycles. The van der Waals surface area contributed by atoms with E-state index in [4.69, 9.17) is 9.84 Å². The molecule has 1 fully saturated rings. The summed E-state index contributed by atoms with van der Waals surface area (Å²) in [5.41, 5.74) is -0.602. The molecular formula is C19H17F3O5S. The number of benzene rings is 2. The second-order valence-electron chi connectivity index (χ2n) is 6.64. The maximum atomic E-state index is 13.1. The molecule has 1 saturated carbocycles. The molecule has 0 aliphatic heterocycles. The fourth-order valence-electron chi connectivity index (χ4n) is 2.73. The molecule has 1 N–H and O–H groups in total. The molecule has 0 saturated heterocycles. The summed E-state index contributed by atoms with van der Waals surface area (Å²) in [7, 11) is -3.45. The Balaban J connectivity index is 1.96.